The molecule has 1 aromatic rings. The molecule has 0 N–H and O–H groups in total. The Morgan fingerprint density at radius 3 is 2.62 bits per heavy atom. The van der Waals surface area contributed by atoms with Gasteiger partial charge in [0, 0.05) is 18.4 Å². The van der Waals surface area contributed by atoms with E-state index in [9.17, 15) is 14.3 Å². The van der Waals surface area contributed by atoms with Crippen molar-refractivity contribution in [1.29, 1.82) is 0 Å². The van der Waals surface area contributed by atoms with E-state index in [1.807, 2.05) is 0 Å². The number of benzene rings is 1. The van der Waals surface area contributed by atoms with Gasteiger partial charge in [-0.2, -0.15) is 0 Å². The monoisotopic (exact) mass is 219 g/mol. The Bertz CT molecular complexity index is 380. The molecule has 0 fully saturated rings. The number of nitro groups is 1. The fraction of sp³-hybridized carbons (Fsp3) is 0.143. The third-order valence-electron chi connectivity index (χ3n) is 1.44. The summed E-state index contributed by atoms with van der Waals surface area (Å²) in [7, 11) is -1.30. The maximum absolute atomic E-state index is 11.0. The van der Waals surface area contributed by atoms with Gasteiger partial charge in [-0.15, -0.1) is 0 Å². The summed E-state index contributed by atoms with van der Waals surface area (Å²) in [6.07, 6.45) is 1.42. The number of hydrogen-bond acceptors (Lipinski definition) is 3. The minimum atomic E-state index is -1.30. The van der Waals surface area contributed by atoms with Crippen LogP contribution in [0, 0.1) is 10.1 Å². The molecule has 0 radical (unpaired) electrons. The summed E-state index contributed by atoms with van der Waals surface area (Å²) >= 11 is 5.68. The molecular weight excluding hydrogens is 214 g/mol. The van der Waals surface area contributed by atoms with Crippen LogP contribution in [0.2, 0.25) is 5.02 Å². The molecule has 1 aromatic carbocycles. The molecular formula is C7H6ClNO3S. The highest BCUT2D eigenvalue weighted by molar-refractivity contribution is 7.84. The van der Waals surface area contributed by atoms with Gasteiger partial charge < -0.3 is 0 Å². The van der Waals surface area contributed by atoms with Crippen LogP contribution in [0.1, 0.15) is 0 Å². The first-order valence-electron chi connectivity index (χ1n) is 3.29. The molecule has 1 unspecified atom stereocenters. The lowest BCUT2D eigenvalue weighted by Crippen LogP contribution is -1.93. The molecule has 0 saturated carbocycles. The number of rotatable bonds is 2. The zero-order valence-corrected chi connectivity index (χ0v) is 8.26. The largest absolute Gasteiger partial charge is 0.270 e. The molecule has 0 aliphatic heterocycles. The minimum absolute atomic E-state index is 0.102. The first-order chi connectivity index (χ1) is 6.02. The normalized spacial score (nSPS) is 12.5. The van der Waals surface area contributed by atoms with Crippen molar-refractivity contribution in [2.75, 3.05) is 6.26 Å². The van der Waals surface area contributed by atoms with Crippen LogP contribution in [0.15, 0.2) is 23.1 Å². The average Bonchev–Trinajstić information content (AvgIpc) is 2.04. The average molecular weight is 220 g/mol. The fourth-order valence-corrected chi connectivity index (χ4v) is 1.90. The van der Waals surface area contributed by atoms with Crippen LogP contribution in [-0.2, 0) is 10.8 Å². The molecule has 6 heteroatoms. The second-order valence-electron chi connectivity index (χ2n) is 2.33. The molecule has 1 atom stereocenters. The van der Waals surface area contributed by atoms with E-state index >= 15 is 0 Å². The number of nitro benzene ring substituents is 1. The second-order valence-corrected chi connectivity index (χ2v) is 4.08. The topological polar surface area (TPSA) is 60.2 Å². The summed E-state index contributed by atoms with van der Waals surface area (Å²) in [5.74, 6) is 0. The smallest absolute Gasteiger partial charge is 0.258 e. The molecule has 0 aromatic heterocycles. The summed E-state index contributed by atoms with van der Waals surface area (Å²) in [5, 5.41) is 10.6. The third kappa shape index (κ3) is 2.26. The summed E-state index contributed by atoms with van der Waals surface area (Å²) in [5.41, 5.74) is -0.102. The van der Waals surface area contributed by atoms with Gasteiger partial charge in [-0.3, -0.25) is 14.3 Å². The number of nitrogens with zero attached hydrogens (tertiary/aromatic N) is 1. The Morgan fingerprint density at radius 2 is 2.15 bits per heavy atom. The Morgan fingerprint density at radius 1 is 1.54 bits per heavy atom. The molecule has 13 heavy (non-hydrogen) atoms. The van der Waals surface area contributed by atoms with Crippen molar-refractivity contribution in [3.8, 4) is 0 Å². The number of hydrogen-bond donors (Lipinski definition) is 0. The van der Waals surface area contributed by atoms with E-state index < -0.39 is 15.7 Å². The zero-order valence-electron chi connectivity index (χ0n) is 6.69. The maximum Gasteiger partial charge on any atom is 0.270 e. The third-order valence-corrected chi connectivity index (χ3v) is 2.83. The van der Waals surface area contributed by atoms with Crippen LogP contribution in [0.25, 0.3) is 0 Å². The van der Waals surface area contributed by atoms with E-state index in [0.29, 0.717) is 0 Å². The van der Waals surface area contributed by atoms with Crippen molar-refractivity contribution < 1.29 is 9.13 Å². The van der Waals surface area contributed by atoms with Crippen LogP contribution in [-0.4, -0.2) is 15.4 Å². The predicted molar refractivity (Wildman–Crippen MR) is 50.4 cm³/mol. The van der Waals surface area contributed by atoms with Crippen LogP contribution >= 0.6 is 11.6 Å². The first-order valence-corrected chi connectivity index (χ1v) is 5.23. The van der Waals surface area contributed by atoms with Gasteiger partial charge in [-0.25, -0.2) is 0 Å². The molecule has 0 bridgehead atoms. The maximum atomic E-state index is 11.0. The Kier molecular flexibility index (Phi) is 3.00. The zero-order chi connectivity index (χ0) is 10.0. The van der Waals surface area contributed by atoms with Gasteiger partial charge >= 0.3 is 0 Å². The van der Waals surface area contributed by atoms with Crippen molar-refractivity contribution in [1.82, 2.24) is 0 Å². The molecule has 0 spiro atoms. The fourth-order valence-electron chi connectivity index (χ4n) is 0.826. The Balaban J connectivity index is 3.27. The predicted octanol–water partition coefficient (Wildman–Crippen LogP) is 1.99. The summed E-state index contributed by atoms with van der Waals surface area (Å²) < 4.78 is 11.0. The minimum Gasteiger partial charge on any atom is -0.258 e. The molecule has 0 heterocycles. The van der Waals surface area contributed by atoms with E-state index in [1.54, 1.807) is 0 Å². The van der Waals surface area contributed by atoms with Crippen LogP contribution in [0.3, 0.4) is 0 Å². The van der Waals surface area contributed by atoms with Gasteiger partial charge in [0.1, 0.15) is 0 Å². The summed E-state index contributed by atoms with van der Waals surface area (Å²) in [4.78, 5) is 10.1. The van der Waals surface area contributed by atoms with E-state index in [-0.39, 0.29) is 15.6 Å². The van der Waals surface area contributed by atoms with Gasteiger partial charge in [-0.05, 0) is 6.07 Å². The van der Waals surface area contributed by atoms with Crippen LogP contribution < -0.4 is 0 Å². The highest BCUT2D eigenvalue weighted by Gasteiger charge is 2.11. The van der Waals surface area contributed by atoms with Gasteiger partial charge in [-0.1, -0.05) is 11.6 Å². The Labute approximate surface area is 82.1 Å². The molecule has 0 aliphatic carbocycles. The lowest BCUT2D eigenvalue weighted by atomic mass is 10.3. The van der Waals surface area contributed by atoms with Crippen molar-refractivity contribution >= 4 is 28.1 Å². The first kappa shape index (κ1) is 10.1. The quantitative estimate of drug-likeness (QED) is 0.565. The molecule has 0 aliphatic rings. The van der Waals surface area contributed by atoms with Gasteiger partial charge in [0.2, 0.25) is 0 Å². The molecule has 0 amide bonds. The lowest BCUT2D eigenvalue weighted by molar-refractivity contribution is -0.385. The van der Waals surface area contributed by atoms with Crippen molar-refractivity contribution in [2.45, 2.75) is 4.90 Å². The van der Waals surface area contributed by atoms with Crippen molar-refractivity contribution in [2.24, 2.45) is 0 Å². The summed E-state index contributed by atoms with van der Waals surface area (Å²) in [6, 6.07) is 3.87. The highest BCUT2D eigenvalue weighted by Crippen LogP contribution is 2.24. The van der Waals surface area contributed by atoms with Crippen molar-refractivity contribution in [3.05, 3.63) is 33.3 Å². The van der Waals surface area contributed by atoms with Crippen molar-refractivity contribution in [3.63, 3.8) is 0 Å². The number of halogens is 1. The SMILES string of the molecule is CS(=O)c1cc([N+](=O)[O-])ccc1Cl. The van der Waals surface area contributed by atoms with E-state index in [0.717, 1.165) is 0 Å². The second kappa shape index (κ2) is 3.85. The van der Waals surface area contributed by atoms with E-state index in [4.69, 9.17) is 11.6 Å². The Hall–Kier alpha value is -0.940. The van der Waals surface area contributed by atoms with E-state index in [2.05, 4.69) is 0 Å². The van der Waals surface area contributed by atoms with Crippen LogP contribution in [0.5, 0.6) is 0 Å². The molecule has 0 saturated heterocycles. The van der Waals surface area contributed by atoms with Crippen LogP contribution in [0.4, 0.5) is 5.69 Å². The molecule has 4 nitrogen and oxygen atoms in total. The van der Waals surface area contributed by atoms with Gasteiger partial charge in [0.05, 0.1) is 25.6 Å². The van der Waals surface area contributed by atoms with Gasteiger partial charge in [0.15, 0.2) is 0 Å². The standard InChI is InChI=1S/C7H6ClNO3S/c1-13(12)7-4-5(9(10)11)2-3-6(7)8/h2-4H,1H3. The van der Waals surface area contributed by atoms with Gasteiger partial charge in [0.25, 0.3) is 5.69 Å². The lowest BCUT2D eigenvalue weighted by Gasteiger charge is -1.98. The summed E-state index contributed by atoms with van der Waals surface area (Å²) in [6.45, 7) is 0. The number of non-ortho nitro benzene ring substituents is 1. The van der Waals surface area contributed by atoms with E-state index in [1.165, 1.54) is 24.5 Å². The highest BCUT2D eigenvalue weighted by atomic mass is 35.5. The molecule has 1 rings (SSSR count). The molecule has 70 valence electrons.